The average Bonchev–Trinajstić information content (AvgIpc) is 2.74. The van der Waals surface area contributed by atoms with Gasteiger partial charge in [0.25, 0.3) is 0 Å². The Balaban J connectivity index is 1.88. The first-order valence-electron chi connectivity index (χ1n) is 4.76. The number of ether oxygens (including phenoxy) is 1. The highest BCUT2D eigenvalue weighted by Gasteiger charge is 2.39. The van der Waals surface area contributed by atoms with Crippen LogP contribution in [0.3, 0.4) is 0 Å². The SMILES string of the molecule is COCNC(=O)C1CC2C=CC1C2. The zero-order valence-electron chi connectivity index (χ0n) is 7.82. The van der Waals surface area contributed by atoms with E-state index < -0.39 is 0 Å². The van der Waals surface area contributed by atoms with E-state index in [0.717, 1.165) is 6.42 Å². The van der Waals surface area contributed by atoms with Crippen molar-refractivity contribution in [1.29, 1.82) is 0 Å². The molecule has 2 rings (SSSR count). The molecule has 1 N–H and O–H groups in total. The first kappa shape index (κ1) is 8.75. The van der Waals surface area contributed by atoms with Gasteiger partial charge in [-0.3, -0.25) is 4.79 Å². The Kier molecular flexibility index (Phi) is 2.36. The van der Waals surface area contributed by atoms with Gasteiger partial charge in [0.2, 0.25) is 5.91 Å². The summed E-state index contributed by atoms with van der Waals surface area (Å²) in [6.45, 7) is 0.330. The summed E-state index contributed by atoms with van der Waals surface area (Å²) < 4.78 is 4.80. The van der Waals surface area contributed by atoms with E-state index in [9.17, 15) is 4.79 Å². The summed E-state index contributed by atoms with van der Waals surface area (Å²) in [6, 6.07) is 0. The van der Waals surface area contributed by atoms with Gasteiger partial charge in [0.15, 0.2) is 0 Å². The van der Waals surface area contributed by atoms with E-state index >= 15 is 0 Å². The van der Waals surface area contributed by atoms with Gasteiger partial charge in [-0.1, -0.05) is 12.2 Å². The van der Waals surface area contributed by atoms with E-state index in [4.69, 9.17) is 4.74 Å². The molecule has 2 bridgehead atoms. The number of hydrogen-bond acceptors (Lipinski definition) is 2. The molecular weight excluding hydrogens is 166 g/mol. The summed E-state index contributed by atoms with van der Waals surface area (Å²) in [5.41, 5.74) is 0. The quantitative estimate of drug-likeness (QED) is 0.519. The van der Waals surface area contributed by atoms with Gasteiger partial charge in [0.1, 0.15) is 6.73 Å². The molecule has 0 radical (unpaired) electrons. The molecule has 0 spiro atoms. The molecule has 3 unspecified atom stereocenters. The average molecular weight is 181 g/mol. The van der Waals surface area contributed by atoms with Gasteiger partial charge in [-0.15, -0.1) is 0 Å². The second-order valence-electron chi connectivity index (χ2n) is 3.86. The lowest BCUT2D eigenvalue weighted by molar-refractivity contribution is -0.127. The van der Waals surface area contributed by atoms with Crippen LogP contribution in [0, 0.1) is 17.8 Å². The molecule has 1 amide bonds. The van der Waals surface area contributed by atoms with Crippen LogP contribution in [0.1, 0.15) is 12.8 Å². The van der Waals surface area contributed by atoms with Crippen molar-refractivity contribution in [2.75, 3.05) is 13.8 Å². The van der Waals surface area contributed by atoms with Gasteiger partial charge in [0, 0.05) is 13.0 Å². The van der Waals surface area contributed by atoms with Gasteiger partial charge >= 0.3 is 0 Å². The summed E-state index contributed by atoms with van der Waals surface area (Å²) in [5.74, 6) is 1.49. The second-order valence-corrected chi connectivity index (χ2v) is 3.86. The predicted octanol–water partition coefficient (Wildman–Crippen LogP) is 0.919. The van der Waals surface area contributed by atoms with Crippen molar-refractivity contribution < 1.29 is 9.53 Å². The lowest BCUT2D eigenvalue weighted by Crippen LogP contribution is -2.33. The third-order valence-corrected chi connectivity index (χ3v) is 3.01. The van der Waals surface area contributed by atoms with Crippen LogP contribution in [0.4, 0.5) is 0 Å². The van der Waals surface area contributed by atoms with E-state index in [1.165, 1.54) is 6.42 Å². The van der Waals surface area contributed by atoms with Gasteiger partial charge in [-0.2, -0.15) is 0 Å². The number of amides is 1. The highest BCUT2D eigenvalue weighted by Crippen LogP contribution is 2.43. The number of methoxy groups -OCH3 is 1. The van der Waals surface area contributed by atoms with Crippen molar-refractivity contribution >= 4 is 5.91 Å². The summed E-state index contributed by atoms with van der Waals surface area (Å²) in [4.78, 5) is 11.6. The standard InChI is InChI=1S/C10H15NO2/c1-13-6-11-10(12)9-5-7-2-3-8(9)4-7/h2-3,7-9H,4-6H2,1H3,(H,11,12). The molecule has 0 aromatic carbocycles. The van der Waals surface area contributed by atoms with Crippen LogP contribution in [0.25, 0.3) is 0 Å². The summed E-state index contributed by atoms with van der Waals surface area (Å²) in [7, 11) is 1.58. The Morgan fingerprint density at radius 2 is 2.38 bits per heavy atom. The van der Waals surface area contributed by atoms with Crippen LogP contribution in [-0.2, 0) is 9.53 Å². The van der Waals surface area contributed by atoms with Gasteiger partial charge in [-0.05, 0) is 24.7 Å². The van der Waals surface area contributed by atoms with E-state index in [1.54, 1.807) is 7.11 Å². The molecule has 0 saturated heterocycles. The summed E-state index contributed by atoms with van der Waals surface area (Å²) in [6.07, 6.45) is 6.62. The van der Waals surface area contributed by atoms with E-state index in [-0.39, 0.29) is 11.8 Å². The minimum Gasteiger partial charge on any atom is -0.364 e. The van der Waals surface area contributed by atoms with Crippen molar-refractivity contribution in [3.8, 4) is 0 Å². The molecule has 0 aromatic rings. The number of nitrogens with one attached hydrogen (secondary N) is 1. The summed E-state index contributed by atoms with van der Waals surface area (Å²) in [5, 5.41) is 2.76. The van der Waals surface area contributed by atoms with Crippen LogP contribution in [-0.4, -0.2) is 19.7 Å². The Morgan fingerprint density at radius 1 is 1.54 bits per heavy atom. The van der Waals surface area contributed by atoms with Gasteiger partial charge < -0.3 is 10.1 Å². The molecule has 72 valence electrons. The number of hydrogen-bond donors (Lipinski definition) is 1. The van der Waals surface area contributed by atoms with Crippen LogP contribution in [0.5, 0.6) is 0 Å². The van der Waals surface area contributed by atoms with Crippen molar-refractivity contribution in [2.24, 2.45) is 17.8 Å². The Bertz CT molecular complexity index is 237. The molecule has 3 atom stereocenters. The molecule has 2 aliphatic rings. The number of carbonyl (C=O) groups is 1. The lowest BCUT2D eigenvalue weighted by Gasteiger charge is -2.16. The fourth-order valence-electron chi connectivity index (χ4n) is 2.36. The van der Waals surface area contributed by atoms with Crippen LogP contribution in [0.15, 0.2) is 12.2 Å². The molecule has 3 heteroatoms. The van der Waals surface area contributed by atoms with Crippen molar-refractivity contribution in [1.82, 2.24) is 5.32 Å². The largest absolute Gasteiger partial charge is 0.364 e. The van der Waals surface area contributed by atoms with E-state index in [0.29, 0.717) is 18.6 Å². The smallest absolute Gasteiger partial charge is 0.225 e. The van der Waals surface area contributed by atoms with Crippen LogP contribution >= 0.6 is 0 Å². The molecular formula is C10H15NO2. The number of allylic oxidation sites excluding steroid dienone is 2. The molecule has 2 aliphatic carbocycles. The molecule has 3 nitrogen and oxygen atoms in total. The summed E-state index contributed by atoms with van der Waals surface area (Å²) >= 11 is 0. The number of fused-ring (bicyclic) bond motifs is 2. The normalized spacial score (nSPS) is 35.3. The molecule has 0 aliphatic heterocycles. The molecule has 0 aromatic heterocycles. The minimum absolute atomic E-state index is 0.152. The van der Waals surface area contributed by atoms with Crippen LogP contribution < -0.4 is 5.32 Å². The van der Waals surface area contributed by atoms with Crippen molar-refractivity contribution in [2.45, 2.75) is 12.8 Å². The van der Waals surface area contributed by atoms with Crippen LogP contribution in [0.2, 0.25) is 0 Å². The van der Waals surface area contributed by atoms with E-state index in [1.807, 2.05) is 0 Å². The third-order valence-electron chi connectivity index (χ3n) is 3.01. The lowest BCUT2D eigenvalue weighted by atomic mass is 9.93. The zero-order chi connectivity index (χ0) is 9.26. The fourth-order valence-corrected chi connectivity index (χ4v) is 2.36. The van der Waals surface area contributed by atoms with Gasteiger partial charge in [-0.25, -0.2) is 0 Å². The molecule has 1 saturated carbocycles. The molecule has 0 heterocycles. The van der Waals surface area contributed by atoms with Crippen molar-refractivity contribution in [3.05, 3.63) is 12.2 Å². The topological polar surface area (TPSA) is 38.3 Å². The Morgan fingerprint density at radius 3 is 2.92 bits per heavy atom. The molecule has 13 heavy (non-hydrogen) atoms. The zero-order valence-corrected chi connectivity index (χ0v) is 7.82. The highest BCUT2D eigenvalue weighted by molar-refractivity contribution is 5.79. The fraction of sp³-hybridized carbons (Fsp3) is 0.700. The maximum Gasteiger partial charge on any atom is 0.225 e. The Hall–Kier alpha value is -0.830. The van der Waals surface area contributed by atoms with Crippen molar-refractivity contribution in [3.63, 3.8) is 0 Å². The monoisotopic (exact) mass is 181 g/mol. The maximum atomic E-state index is 11.6. The van der Waals surface area contributed by atoms with E-state index in [2.05, 4.69) is 17.5 Å². The van der Waals surface area contributed by atoms with Gasteiger partial charge in [0.05, 0.1) is 0 Å². The Labute approximate surface area is 78.1 Å². The maximum absolute atomic E-state index is 11.6. The number of carbonyl (C=O) groups excluding carboxylic acids is 1. The number of rotatable bonds is 3. The minimum atomic E-state index is 0.152. The predicted molar refractivity (Wildman–Crippen MR) is 48.9 cm³/mol. The highest BCUT2D eigenvalue weighted by atomic mass is 16.5. The molecule has 1 fully saturated rings. The first-order chi connectivity index (χ1) is 6.31. The second kappa shape index (κ2) is 3.50. The third kappa shape index (κ3) is 1.61. The first-order valence-corrected chi connectivity index (χ1v) is 4.76.